The van der Waals surface area contributed by atoms with Gasteiger partial charge in [-0.1, -0.05) is 45.0 Å². The molecule has 1 aromatic carbocycles. The average molecular weight is 357 g/mol. The van der Waals surface area contributed by atoms with Gasteiger partial charge in [-0.05, 0) is 44.2 Å². The van der Waals surface area contributed by atoms with Crippen LogP contribution in [0.4, 0.5) is 5.69 Å². The molecule has 0 saturated carbocycles. The van der Waals surface area contributed by atoms with Crippen molar-refractivity contribution in [1.82, 2.24) is 15.1 Å². The Morgan fingerprint density at radius 1 is 1.15 bits per heavy atom. The number of benzene rings is 1. The number of aromatic nitrogens is 2. The summed E-state index contributed by atoms with van der Waals surface area (Å²) in [7, 11) is 1.88. The van der Waals surface area contributed by atoms with Crippen LogP contribution >= 0.6 is 0 Å². The van der Waals surface area contributed by atoms with Crippen LogP contribution in [0.1, 0.15) is 56.3 Å². The topological polar surface area (TPSA) is 59.0 Å². The second kappa shape index (κ2) is 8.49. The summed E-state index contributed by atoms with van der Waals surface area (Å²) in [4.78, 5) is 12.7. The van der Waals surface area contributed by atoms with Crippen LogP contribution in [0.5, 0.6) is 0 Å². The molecule has 0 fully saturated rings. The Morgan fingerprint density at radius 2 is 1.77 bits per heavy atom. The van der Waals surface area contributed by atoms with Gasteiger partial charge in [0.2, 0.25) is 5.91 Å². The number of carbonyl (C=O) groups is 1. The van der Waals surface area contributed by atoms with Crippen LogP contribution in [0.25, 0.3) is 0 Å². The zero-order valence-electron chi connectivity index (χ0n) is 17.1. The van der Waals surface area contributed by atoms with E-state index in [1.807, 2.05) is 27.8 Å². The Kier molecular flexibility index (Phi) is 6.59. The largest absolute Gasteiger partial charge is 0.322 e. The minimum absolute atomic E-state index is 0.0416. The van der Waals surface area contributed by atoms with Crippen molar-refractivity contribution in [3.63, 3.8) is 0 Å². The Bertz CT molecular complexity index is 746. The number of aryl methyl sites for hydroxylation is 3. The lowest BCUT2D eigenvalue weighted by molar-refractivity contribution is -0.118. The molecular weight excluding hydrogens is 324 g/mol. The van der Waals surface area contributed by atoms with E-state index in [1.54, 1.807) is 4.68 Å². The predicted molar refractivity (Wildman–Crippen MR) is 107 cm³/mol. The summed E-state index contributed by atoms with van der Waals surface area (Å²) >= 11 is 0. The van der Waals surface area contributed by atoms with Gasteiger partial charge in [-0.15, -0.1) is 0 Å². The highest BCUT2D eigenvalue weighted by Gasteiger charge is 2.23. The van der Waals surface area contributed by atoms with Crippen LogP contribution in [0, 0.1) is 19.8 Å². The van der Waals surface area contributed by atoms with Crippen LogP contribution in [0.2, 0.25) is 0 Å². The second-order valence-electron chi connectivity index (χ2n) is 7.36. The molecule has 0 unspecified atom stereocenters. The summed E-state index contributed by atoms with van der Waals surface area (Å²) in [6.07, 6.45) is 1.03. The van der Waals surface area contributed by atoms with Gasteiger partial charge in [-0.3, -0.25) is 14.8 Å². The van der Waals surface area contributed by atoms with E-state index in [1.165, 1.54) is 11.1 Å². The highest BCUT2D eigenvalue weighted by Crippen LogP contribution is 2.24. The molecule has 0 bridgehead atoms. The van der Waals surface area contributed by atoms with Crippen molar-refractivity contribution in [3.05, 3.63) is 46.8 Å². The van der Waals surface area contributed by atoms with Crippen LogP contribution in [-0.2, 0) is 18.3 Å². The molecule has 26 heavy (non-hydrogen) atoms. The summed E-state index contributed by atoms with van der Waals surface area (Å²) in [5.41, 5.74) is 5.13. The number of rotatable bonds is 7. The molecule has 142 valence electrons. The summed E-state index contributed by atoms with van der Waals surface area (Å²) in [6.45, 7) is 12.3. The molecule has 1 aromatic heterocycles. The Labute approximate surface area is 157 Å². The monoisotopic (exact) mass is 356 g/mol. The van der Waals surface area contributed by atoms with Crippen molar-refractivity contribution in [2.24, 2.45) is 13.0 Å². The van der Waals surface area contributed by atoms with Crippen LogP contribution in [-0.4, -0.2) is 21.7 Å². The van der Waals surface area contributed by atoms with Gasteiger partial charge in [0.15, 0.2) is 0 Å². The number of hydrogen-bond acceptors (Lipinski definition) is 3. The number of hydrogen-bond donors (Lipinski definition) is 2. The van der Waals surface area contributed by atoms with Gasteiger partial charge in [0.1, 0.15) is 0 Å². The van der Waals surface area contributed by atoms with Crippen molar-refractivity contribution < 1.29 is 4.79 Å². The fourth-order valence-corrected chi connectivity index (χ4v) is 3.17. The Balaban J connectivity index is 2.11. The maximum atomic E-state index is 12.7. The standard InChI is InChI=1S/C21H32N4O/c1-8-17-9-11-18(12-10-17)19(13(2)3)22-15(5)21(26)23-20-14(4)24-25(7)16(20)6/h9-13,15,19,22H,8H2,1-7H3,(H,23,26)/t15-,19-/m0/s1. The van der Waals surface area contributed by atoms with Crippen molar-refractivity contribution in [1.29, 1.82) is 0 Å². The summed E-state index contributed by atoms with van der Waals surface area (Å²) < 4.78 is 1.79. The molecule has 2 rings (SSSR count). The lowest BCUT2D eigenvalue weighted by atomic mass is 9.94. The summed E-state index contributed by atoms with van der Waals surface area (Å²) in [5.74, 6) is 0.333. The van der Waals surface area contributed by atoms with Crippen LogP contribution < -0.4 is 10.6 Å². The van der Waals surface area contributed by atoms with Crippen molar-refractivity contribution in [2.45, 2.75) is 60.0 Å². The van der Waals surface area contributed by atoms with E-state index in [4.69, 9.17) is 0 Å². The molecule has 0 saturated heterocycles. The zero-order chi connectivity index (χ0) is 19.4. The third-order valence-corrected chi connectivity index (χ3v) is 4.99. The van der Waals surface area contributed by atoms with E-state index >= 15 is 0 Å². The molecule has 2 N–H and O–H groups in total. The maximum absolute atomic E-state index is 12.7. The molecule has 0 radical (unpaired) electrons. The van der Waals surface area contributed by atoms with Crippen LogP contribution in [0.15, 0.2) is 24.3 Å². The lowest BCUT2D eigenvalue weighted by Crippen LogP contribution is -2.41. The molecule has 1 amide bonds. The third-order valence-electron chi connectivity index (χ3n) is 4.99. The van der Waals surface area contributed by atoms with Crippen molar-refractivity contribution >= 4 is 11.6 Å². The molecule has 5 heteroatoms. The Morgan fingerprint density at radius 3 is 2.23 bits per heavy atom. The number of amides is 1. The number of nitrogens with one attached hydrogen (secondary N) is 2. The van der Waals surface area contributed by atoms with Gasteiger partial charge in [0.25, 0.3) is 0 Å². The van der Waals surface area contributed by atoms with Gasteiger partial charge in [-0.2, -0.15) is 5.10 Å². The average Bonchev–Trinajstić information content (AvgIpc) is 2.85. The fourth-order valence-electron chi connectivity index (χ4n) is 3.17. The molecule has 1 heterocycles. The molecular formula is C21H32N4O. The van der Waals surface area contributed by atoms with Crippen LogP contribution in [0.3, 0.4) is 0 Å². The van der Waals surface area contributed by atoms with E-state index in [9.17, 15) is 4.79 Å². The van der Waals surface area contributed by atoms with Crippen molar-refractivity contribution in [3.8, 4) is 0 Å². The molecule has 2 aromatic rings. The molecule has 0 aliphatic heterocycles. The van der Waals surface area contributed by atoms with E-state index in [0.29, 0.717) is 5.92 Å². The summed E-state index contributed by atoms with van der Waals surface area (Å²) in [5, 5.41) is 10.9. The van der Waals surface area contributed by atoms with Gasteiger partial charge < -0.3 is 5.32 Å². The molecule has 0 aliphatic carbocycles. The number of nitrogens with zero attached hydrogens (tertiary/aromatic N) is 2. The number of anilines is 1. The minimum atomic E-state index is -0.313. The Hall–Kier alpha value is -2.14. The molecule has 0 aliphatic rings. The van der Waals surface area contributed by atoms with E-state index in [0.717, 1.165) is 23.5 Å². The SMILES string of the molecule is CCc1ccc([C@@H](N[C@@H](C)C(=O)Nc2c(C)nn(C)c2C)C(C)C)cc1. The smallest absolute Gasteiger partial charge is 0.241 e. The zero-order valence-corrected chi connectivity index (χ0v) is 17.1. The van der Waals surface area contributed by atoms with Gasteiger partial charge >= 0.3 is 0 Å². The highest BCUT2D eigenvalue weighted by molar-refractivity contribution is 5.95. The van der Waals surface area contributed by atoms with E-state index in [2.05, 4.69) is 60.8 Å². The quantitative estimate of drug-likeness (QED) is 0.791. The first-order chi connectivity index (χ1) is 12.2. The molecule has 2 atom stereocenters. The predicted octanol–water partition coefficient (Wildman–Crippen LogP) is 3.91. The van der Waals surface area contributed by atoms with E-state index in [-0.39, 0.29) is 18.0 Å². The summed E-state index contributed by atoms with van der Waals surface area (Å²) in [6, 6.07) is 8.47. The first kappa shape index (κ1) is 20.2. The third kappa shape index (κ3) is 4.52. The highest BCUT2D eigenvalue weighted by atomic mass is 16.2. The van der Waals surface area contributed by atoms with Gasteiger partial charge in [0, 0.05) is 13.1 Å². The normalized spacial score (nSPS) is 13.7. The second-order valence-corrected chi connectivity index (χ2v) is 7.36. The van der Waals surface area contributed by atoms with Gasteiger partial charge in [0.05, 0.1) is 23.1 Å². The fraction of sp³-hybridized carbons (Fsp3) is 0.524. The maximum Gasteiger partial charge on any atom is 0.241 e. The lowest BCUT2D eigenvalue weighted by Gasteiger charge is -2.26. The van der Waals surface area contributed by atoms with Gasteiger partial charge in [-0.25, -0.2) is 0 Å². The first-order valence-electron chi connectivity index (χ1n) is 9.40. The van der Waals surface area contributed by atoms with Crippen molar-refractivity contribution in [2.75, 3.05) is 5.32 Å². The van der Waals surface area contributed by atoms with E-state index < -0.39 is 0 Å². The first-order valence-corrected chi connectivity index (χ1v) is 9.40. The number of carbonyl (C=O) groups excluding carboxylic acids is 1. The minimum Gasteiger partial charge on any atom is -0.322 e. The molecule has 0 spiro atoms. The molecule has 5 nitrogen and oxygen atoms in total.